The van der Waals surface area contributed by atoms with E-state index in [1.165, 1.54) is 5.56 Å². The molecule has 0 saturated heterocycles. The van der Waals surface area contributed by atoms with E-state index in [2.05, 4.69) is 30.2 Å². The molecule has 90 valence electrons. The summed E-state index contributed by atoms with van der Waals surface area (Å²) in [5, 5.41) is 4.43. The Labute approximate surface area is 97.5 Å². The van der Waals surface area contributed by atoms with Crippen molar-refractivity contribution in [2.24, 2.45) is 12.9 Å². The zero-order valence-corrected chi connectivity index (χ0v) is 10.2. The maximum atomic E-state index is 5.61. The molecule has 16 heavy (non-hydrogen) atoms. The van der Waals surface area contributed by atoms with Crippen LogP contribution in [0.25, 0.3) is 0 Å². The van der Waals surface area contributed by atoms with Crippen LogP contribution in [0.3, 0.4) is 0 Å². The second-order valence-corrected chi connectivity index (χ2v) is 4.00. The Morgan fingerprint density at radius 1 is 1.69 bits per heavy atom. The molecule has 1 aromatic rings. The van der Waals surface area contributed by atoms with Crippen molar-refractivity contribution in [2.45, 2.75) is 38.6 Å². The van der Waals surface area contributed by atoms with E-state index >= 15 is 0 Å². The Bertz CT molecular complexity index is 330. The Hall–Kier alpha value is -1.13. The van der Waals surface area contributed by atoms with Crippen LogP contribution in [0, 0.1) is 0 Å². The standard InChI is InChI=1S/C12H22N4/c1-4-6-7-8-12(14-13)10-9-16(3)15-11(10)5-2/h4,9,12,14H,1,5-8,13H2,2-3H3. The van der Waals surface area contributed by atoms with E-state index in [0.717, 1.165) is 31.4 Å². The molecule has 0 aliphatic carbocycles. The number of aromatic nitrogens is 2. The first-order chi connectivity index (χ1) is 7.72. The highest BCUT2D eigenvalue weighted by atomic mass is 15.3. The van der Waals surface area contributed by atoms with E-state index in [1.807, 2.05) is 17.8 Å². The third-order valence-corrected chi connectivity index (χ3v) is 2.75. The monoisotopic (exact) mass is 222 g/mol. The summed E-state index contributed by atoms with van der Waals surface area (Å²) in [6.45, 7) is 5.84. The van der Waals surface area contributed by atoms with Gasteiger partial charge in [-0.15, -0.1) is 6.58 Å². The van der Waals surface area contributed by atoms with Gasteiger partial charge in [0.1, 0.15) is 0 Å². The first-order valence-electron chi connectivity index (χ1n) is 5.82. The van der Waals surface area contributed by atoms with Gasteiger partial charge in [0.25, 0.3) is 0 Å². The van der Waals surface area contributed by atoms with Gasteiger partial charge in [0.15, 0.2) is 0 Å². The van der Waals surface area contributed by atoms with Gasteiger partial charge in [-0.25, -0.2) is 0 Å². The summed E-state index contributed by atoms with van der Waals surface area (Å²) in [5.74, 6) is 5.61. The first-order valence-corrected chi connectivity index (χ1v) is 5.82. The van der Waals surface area contributed by atoms with E-state index in [9.17, 15) is 0 Å². The summed E-state index contributed by atoms with van der Waals surface area (Å²) in [7, 11) is 1.94. The minimum absolute atomic E-state index is 0.198. The minimum Gasteiger partial charge on any atom is -0.275 e. The average Bonchev–Trinajstić information content (AvgIpc) is 2.66. The van der Waals surface area contributed by atoms with E-state index in [4.69, 9.17) is 5.84 Å². The Morgan fingerprint density at radius 3 is 3.00 bits per heavy atom. The molecule has 0 bridgehead atoms. The fourth-order valence-electron chi connectivity index (χ4n) is 1.91. The van der Waals surface area contributed by atoms with Crippen molar-refractivity contribution >= 4 is 0 Å². The number of hydrazine groups is 1. The van der Waals surface area contributed by atoms with Gasteiger partial charge >= 0.3 is 0 Å². The molecule has 1 aromatic heterocycles. The summed E-state index contributed by atoms with van der Waals surface area (Å²) in [6.07, 6.45) is 8.07. The summed E-state index contributed by atoms with van der Waals surface area (Å²) >= 11 is 0. The Kier molecular flexibility index (Phi) is 5.22. The number of allylic oxidation sites excluding steroid dienone is 1. The predicted molar refractivity (Wildman–Crippen MR) is 66.7 cm³/mol. The number of unbranched alkanes of at least 4 members (excludes halogenated alkanes) is 1. The zero-order valence-electron chi connectivity index (χ0n) is 10.2. The highest BCUT2D eigenvalue weighted by molar-refractivity contribution is 5.21. The maximum absolute atomic E-state index is 5.61. The first kappa shape index (κ1) is 12.9. The van der Waals surface area contributed by atoms with Crippen LogP contribution in [0.2, 0.25) is 0 Å². The van der Waals surface area contributed by atoms with Gasteiger partial charge in [0, 0.05) is 24.8 Å². The lowest BCUT2D eigenvalue weighted by atomic mass is 10.0. The van der Waals surface area contributed by atoms with Gasteiger partial charge in [0.05, 0.1) is 5.69 Å². The number of hydrogen-bond donors (Lipinski definition) is 2. The maximum Gasteiger partial charge on any atom is 0.0670 e. The molecule has 3 N–H and O–H groups in total. The molecule has 1 heterocycles. The van der Waals surface area contributed by atoms with Gasteiger partial charge in [-0.2, -0.15) is 5.10 Å². The molecule has 0 aliphatic heterocycles. The Balaban J connectivity index is 2.72. The topological polar surface area (TPSA) is 55.9 Å². The second kappa shape index (κ2) is 6.45. The SMILES string of the molecule is C=CCCCC(NN)c1cn(C)nc1CC. The minimum atomic E-state index is 0.198. The molecule has 4 nitrogen and oxygen atoms in total. The molecule has 0 fully saturated rings. The summed E-state index contributed by atoms with van der Waals surface area (Å²) in [4.78, 5) is 0. The number of hydrogen-bond acceptors (Lipinski definition) is 3. The summed E-state index contributed by atoms with van der Waals surface area (Å²) in [5.41, 5.74) is 5.23. The van der Waals surface area contributed by atoms with E-state index in [1.54, 1.807) is 0 Å². The van der Waals surface area contributed by atoms with Crippen molar-refractivity contribution in [3.8, 4) is 0 Å². The highest BCUT2D eigenvalue weighted by Gasteiger charge is 2.15. The zero-order chi connectivity index (χ0) is 12.0. The predicted octanol–water partition coefficient (Wildman–Crippen LogP) is 1.84. The molecule has 1 rings (SSSR count). The van der Waals surface area contributed by atoms with Crippen LogP contribution in [0.15, 0.2) is 18.9 Å². The van der Waals surface area contributed by atoms with Crippen molar-refractivity contribution < 1.29 is 0 Å². The molecule has 1 atom stereocenters. The quantitative estimate of drug-likeness (QED) is 0.320. The average molecular weight is 222 g/mol. The largest absolute Gasteiger partial charge is 0.275 e. The van der Waals surface area contributed by atoms with E-state index in [0.29, 0.717) is 0 Å². The summed E-state index contributed by atoms with van der Waals surface area (Å²) < 4.78 is 1.85. The lowest BCUT2D eigenvalue weighted by Crippen LogP contribution is -2.28. The van der Waals surface area contributed by atoms with E-state index < -0.39 is 0 Å². The molecule has 0 aliphatic rings. The van der Waals surface area contributed by atoms with Crippen LogP contribution in [0.1, 0.15) is 43.5 Å². The van der Waals surface area contributed by atoms with Crippen molar-refractivity contribution in [1.29, 1.82) is 0 Å². The van der Waals surface area contributed by atoms with Gasteiger partial charge in [-0.3, -0.25) is 16.0 Å². The van der Waals surface area contributed by atoms with Crippen molar-refractivity contribution in [1.82, 2.24) is 15.2 Å². The fraction of sp³-hybridized carbons (Fsp3) is 0.583. The summed E-state index contributed by atoms with van der Waals surface area (Å²) in [6, 6.07) is 0.198. The van der Waals surface area contributed by atoms with Crippen LogP contribution in [-0.2, 0) is 13.5 Å². The molecule has 0 aromatic carbocycles. The van der Waals surface area contributed by atoms with Gasteiger partial charge in [-0.1, -0.05) is 13.0 Å². The molecule has 0 amide bonds. The van der Waals surface area contributed by atoms with Crippen molar-refractivity contribution in [3.63, 3.8) is 0 Å². The lowest BCUT2D eigenvalue weighted by Gasteiger charge is -2.15. The number of nitrogens with one attached hydrogen (secondary N) is 1. The number of nitrogens with two attached hydrogens (primary N) is 1. The third-order valence-electron chi connectivity index (χ3n) is 2.75. The van der Waals surface area contributed by atoms with Crippen LogP contribution in [-0.4, -0.2) is 9.78 Å². The van der Waals surface area contributed by atoms with Crippen LogP contribution >= 0.6 is 0 Å². The molecule has 0 spiro atoms. The number of nitrogens with zero attached hydrogens (tertiary/aromatic N) is 2. The second-order valence-electron chi connectivity index (χ2n) is 4.00. The van der Waals surface area contributed by atoms with Crippen LogP contribution < -0.4 is 11.3 Å². The van der Waals surface area contributed by atoms with Crippen molar-refractivity contribution in [3.05, 3.63) is 30.1 Å². The number of aryl methyl sites for hydroxylation is 2. The normalized spacial score (nSPS) is 12.7. The molecule has 0 saturated carbocycles. The molecular weight excluding hydrogens is 200 g/mol. The van der Waals surface area contributed by atoms with Crippen molar-refractivity contribution in [2.75, 3.05) is 0 Å². The molecule has 4 heteroatoms. The van der Waals surface area contributed by atoms with E-state index in [-0.39, 0.29) is 6.04 Å². The third kappa shape index (κ3) is 3.18. The highest BCUT2D eigenvalue weighted by Crippen LogP contribution is 2.21. The van der Waals surface area contributed by atoms with Crippen LogP contribution in [0.5, 0.6) is 0 Å². The molecular formula is C12H22N4. The number of rotatable bonds is 7. The Morgan fingerprint density at radius 2 is 2.44 bits per heavy atom. The van der Waals surface area contributed by atoms with Gasteiger partial charge in [-0.05, 0) is 25.7 Å². The fourth-order valence-corrected chi connectivity index (χ4v) is 1.91. The smallest absolute Gasteiger partial charge is 0.0670 e. The molecule has 0 radical (unpaired) electrons. The molecule has 1 unspecified atom stereocenters. The lowest BCUT2D eigenvalue weighted by molar-refractivity contribution is 0.497. The van der Waals surface area contributed by atoms with Gasteiger partial charge < -0.3 is 0 Å². The van der Waals surface area contributed by atoms with Crippen LogP contribution in [0.4, 0.5) is 0 Å². The van der Waals surface area contributed by atoms with Gasteiger partial charge in [0.2, 0.25) is 0 Å².